The number of anilines is 1. The van der Waals surface area contributed by atoms with Crippen LogP contribution in [0.3, 0.4) is 0 Å². The summed E-state index contributed by atoms with van der Waals surface area (Å²) in [5.74, 6) is -1.26. The van der Waals surface area contributed by atoms with Gasteiger partial charge in [-0.25, -0.2) is 9.97 Å². The lowest BCUT2D eigenvalue weighted by Crippen LogP contribution is -2.49. The van der Waals surface area contributed by atoms with Crippen LogP contribution in [0.2, 0.25) is 5.15 Å². The molecule has 4 rings (SSSR count). The van der Waals surface area contributed by atoms with Gasteiger partial charge in [0.1, 0.15) is 11.3 Å². The normalized spacial score (nSPS) is 21.4. The molecule has 2 aromatic rings. The minimum atomic E-state index is -4.94. The molecule has 2 aliphatic rings. The summed E-state index contributed by atoms with van der Waals surface area (Å²) in [5.41, 5.74) is -0.00991. The Morgan fingerprint density at radius 3 is 2.69 bits per heavy atom. The number of ether oxygens (including phenoxy) is 1. The number of hydrogen-bond acceptors (Lipinski definition) is 6. The van der Waals surface area contributed by atoms with Crippen molar-refractivity contribution in [2.24, 2.45) is 0 Å². The number of likely N-dealkylation sites (tertiary alicyclic amines) is 1. The van der Waals surface area contributed by atoms with Crippen LogP contribution in [0, 0.1) is 11.3 Å². The van der Waals surface area contributed by atoms with E-state index in [9.17, 15) is 23.2 Å². The molecule has 4 heterocycles. The third-order valence-corrected chi connectivity index (χ3v) is 6.48. The van der Waals surface area contributed by atoms with Crippen LogP contribution in [0.1, 0.15) is 25.3 Å². The first kappa shape index (κ1) is 22.6. The van der Waals surface area contributed by atoms with E-state index in [1.54, 1.807) is 6.07 Å². The Kier molecular flexibility index (Phi) is 5.90. The molecule has 2 fully saturated rings. The van der Waals surface area contributed by atoms with Crippen molar-refractivity contribution in [3.05, 3.63) is 29.0 Å². The third kappa shape index (κ3) is 3.95. The second kappa shape index (κ2) is 8.37. The van der Waals surface area contributed by atoms with Crippen LogP contribution in [0.25, 0.3) is 10.9 Å². The van der Waals surface area contributed by atoms with Gasteiger partial charge in [0.2, 0.25) is 0 Å². The number of carbonyl (C=O) groups excluding carboxylic acids is 1. The van der Waals surface area contributed by atoms with E-state index < -0.39 is 17.5 Å². The van der Waals surface area contributed by atoms with Crippen LogP contribution in [-0.4, -0.2) is 65.8 Å². The summed E-state index contributed by atoms with van der Waals surface area (Å²) in [6.07, 6.45) is -3.28. The van der Waals surface area contributed by atoms with Gasteiger partial charge in [-0.05, 0) is 37.5 Å². The largest absolute Gasteiger partial charge is 0.471 e. The zero-order valence-corrected chi connectivity index (χ0v) is 18.1. The Morgan fingerprint density at radius 1 is 1.34 bits per heavy atom. The molecule has 0 saturated carbocycles. The second-order valence-corrected chi connectivity index (χ2v) is 8.49. The van der Waals surface area contributed by atoms with Crippen molar-refractivity contribution >= 4 is 34.2 Å². The van der Waals surface area contributed by atoms with Gasteiger partial charge in [0.25, 0.3) is 0 Å². The van der Waals surface area contributed by atoms with Gasteiger partial charge in [0.05, 0.1) is 30.7 Å². The quantitative estimate of drug-likeness (QED) is 0.629. The number of amides is 1. The predicted molar refractivity (Wildman–Crippen MR) is 111 cm³/mol. The standard InChI is InChI=1S/C21H21ClF3N5O2/c1-13-11-32-9-8-30(13)16-10-15(14-2-5-27-18(22)17(14)28-16)20(12-26)3-6-29(7-4-20)19(31)21(23,24)25/h2,5,10,13H,3-4,6-9,11H2,1H3/t13-/m1/s1. The van der Waals surface area contributed by atoms with Crippen molar-refractivity contribution in [2.45, 2.75) is 37.4 Å². The molecule has 170 valence electrons. The van der Waals surface area contributed by atoms with E-state index in [4.69, 9.17) is 21.3 Å². The van der Waals surface area contributed by atoms with Crippen molar-refractivity contribution in [1.29, 1.82) is 5.26 Å². The van der Waals surface area contributed by atoms with Gasteiger partial charge in [-0.3, -0.25) is 4.79 Å². The topological polar surface area (TPSA) is 82.4 Å². The summed E-state index contributed by atoms with van der Waals surface area (Å²) >= 11 is 6.34. The van der Waals surface area contributed by atoms with Gasteiger partial charge >= 0.3 is 12.1 Å². The number of nitrogens with zero attached hydrogens (tertiary/aromatic N) is 5. The lowest BCUT2D eigenvalue weighted by molar-refractivity contribution is -0.186. The smallest absolute Gasteiger partial charge is 0.377 e. The highest BCUT2D eigenvalue weighted by Gasteiger charge is 2.47. The molecular formula is C21H21ClF3N5O2. The molecule has 0 aromatic carbocycles. The van der Waals surface area contributed by atoms with Crippen LogP contribution in [-0.2, 0) is 14.9 Å². The number of morpholine rings is 1. The van der Waals surface area contributed by atoms with Crippen LogP contribution in [0.4, 0.5) is 19.0 Å². The van der Waals surface area contributed by atoms with Crippen LogP contribution >= 0.6 is 11.6 Å². The third-order valence-electron chi connectivity index (χ3n) is 6.21. The zero-order chi connectivity index (χ0) is 23.1. The van der Waals surface area contributed by atoms with Crippen molar-refractivity contribution in [2.75, 3.05) is 37.7 Å². The van der Waals surface area contributed by atoms with Crippen LogP contribution < -0.4 is 4.90 Å². The number of aromatic nitrogens is 2. The number of pyridine rings is 2. The molecule has 0 aliphatic carbocycles. The van der Waals surface area contributed by atoms with Crippen LogP contribution in [0.15, 0.2) is 18.3 Å². The second-order valence-electron chi connectivity index (χ2n) is 8.13. The fourth-order valence-electron chi connectivity index (χ4n) is 4.43. The van der Waals surface area contributed by atoms with Crippen molar-refractivity contribution in [3.8, 4) is 6.07 Å². The number of rotatable bonds is 2. The highest BCUT2D eigenvalue weighted by atomic mass is 35.5. The Labute approximate surface area is 187 Å². The van der Waals surface area contributed by atoms with Crippen molar-refractivity contribution in [1.82, 2.24) is 14.9 Å². The molecule has 7 nitrogen and oxygen atoms in total. The average molecular weight is 468 g/mol. The van der Waals surface area contributed by atoms with E-state index in [1.165, 1.54) is 6.20 Å². The molecule has 1 atom stereocenters. The number of hydrogen-bond donors (Lipinski definition) is 0. The number of carbonyl (C=O) groups is 1. The first-order valence-electron chi connectivity index (χ1n) is 10.2. The lowest BCUT2D eigenvalue weighted by Gasteiger charge is -2.39. The first-order chi connectivity index (χ1) is 15.2. The van der Waals surface area contributed by atoms with Crippen molar-refractivity contribution < 1.29 is 22.7 Å². The summed E-state index contributed by atoms with van der Waals surface area (Å²) in [5, 5.41) is 11.0. The predicted octanol–water partition coefficient (Wildman–Crippen LogP) is 3.45. The minimum absolute atomic E-state index is 0.0429. The van der Waals surface area contributed by atoms with Gasteiger partial charge in [-0.2, -0.15) is 18.4 Å². The molecule has 0 radical (unpaired) electrons. The Balaban J connectivity index is 1.78. The summed E-state index contributed by atoms with van der Waals surface area (Å²) in [4.78, 5) is 23.3. The maximum atomic E-state index is 12.9. The van der Waals surface area contributed by atoms with E-state index in [2.05, 4.69) is 16.0 Å². The maximum absolute atomic E-state index is 12.9. The molecule has 0 spiro atoms. The molecule has 2 aliphatic heterocycles. The summed E-state index contributed by atoms with van der Waals surface area (Å²) in [6.45, 7) is 3.31. The zero-order valence-electron chi connectivity index (χ0n) is 17.3. The van der Waals surface area contributed by atoms with E-state index in [0.29, 0.717) is 42.0 Å². The molecule has 0 N–H and O–H groups in total. The molecule has 1 amide bonds. The van der Waals surface area contributed by atoms with Gasteiger partial charge in [0, 0.05) is 31.2 Å². The summed E-state index contributed by atoms with van der Waals surface area (Å²) in [7, 11) is 0. The lowest BCUT2D eigenvalue weighted by atomic mass is 9.73. The van der Waals surface area contributed by atoms with Gasteiger partial charge in [0.15, 0.2) is 5.15 Å². The van der Waals surface area contributed by atoms with E-state index in [0.717, 1.165) is 4.90 Å². The molecular weight excluding hydrogens is 447 g/mol. The van der Waals surface area contributed by atoms with Crippen LogP contribution in [0.5, 0.6) is 0 Å². The van der Waals surface area contributed by atoms with E-state index in [1.807, 2.05) is 13.0 Å². The van der Waals surface area contributed by atoms with Gasteiger partial charge in [-0.15, -0.1) is 0 Å². The monoisotopic (exact) mass is 467 g/mol. The summed E-state index contributed by atoms with van der Waals surface area (Å²) in [6, 6.07) is 5.91. The highest BCUT2D eigenvalue weighted by molar-refractivity contribution is 6.33. The number of piperidine rings is 1. The number of fused-ring (bicyclic) bond motifs is 1. The van der Waals surface area contributed by atoms with E-state index >= 15 is 0 Å². The van der Waals surface area contributed by atoms with Gasteiger partial charge < -0.3 is 14.5 Å². The molecule has 0 unspecified atom stereocenters. The Morgan fingerprint density at radius 2 is 2.06 bits per heavy atom. The molecule has 2 saturated heterocycles. The molecule has 32 heavy (non-hydrogen) atoms. The molecule has 11 heteroatoms. The fraction of sp³-hybridized carbons (Fsp3) is 0.524. The molecule has 0 bridgehead atoms. The SMILES string of the molecule is C[C@@H]1COCCN1c1cc(C2(C#N)CCN(C(=O)C(F)(F)F)CC2)c2ccnc(Cl)c2n1. The van der Waals surface area contributed by atoms with Crippen molar-refractivity contribution in [3.63, 3.8) is 0 Å². The maximum Gasteiger partial charge on any atom is 0.471 e. The number of nitriles is 1. The Bertz CT molecular complexity index is 1080. The minimum Gasteiger partial charge on any atom is -0.377 e. The van der Waals surface area contributed by atoms with Gasteiger partial charge in [-0.1, -0.05) is 11.6 Å². The average Bonchev–Trinajstić information content (AvgIpc) is 2.78. The highest BCUT2D eigenvalue weighted by Crippen LogP contribution is 2.41. The fourth-order valence-corrected chi connectivity index (χ4v) is 4.63. The first-order valence-corrected chi connectivity index (χ1v) is 10.6. The number of halogens is 4. The molecule has 2 aromatic heterocycles. The summed E-state index contributed by atoms with van der Waals surface area (Å²) < 4.78 is 44.1. The number of alkyl halides is 3. The van der Waals surface area contributed by atoms with E-state index in [-0.39, 0.29) is 37.1 Å². The Hall–Kier alpha value is -2.64.